The second kappa shape index (κ2) is 7.89. The molecule has 11 heteroatoms. The van der Waals surface area contributed by atoms with Crippen LogP contribution in [0.4, 0.5) is 0 Å². The number of hydrogen-bond acceptors (Lipinski definition) is 6. The lowest BCUT2D eigenvalue weighted by molar-refractivity contribution is -0.122. The lowest BCUT2D eigenvalue weighted by Gasteiger charge is -2.31. The van der Waals surface area contributed by atoms with Crippen molar-refractivity contribution in [2.75, 3.05) is 19.6 Å². The fourth-order valence-corrected chi connectivity index (χ4v) is 5.89. The number of amides is 3. The molecule has 0 bridgehead atoms. The minimum atomic E-state index is -3.67. The molecular formula is C20H23N5O5S. The Balaban J connectivity index is 1.34. The summed E-state index contributed by atoms with van der Waals surface area (Å²) in [6.07, 6.45) is 0.867. The van der Waals surface area contributed by atoms with Gasteiger partial charge in [0.25, 0.3) is 11.8 Å². The highest BCUT2D eigenvalue weighted by Crippen LogP contribution is 2.25. The molecule has 0 spiro atoms. The predicted molar refractivity (Wildman–Crippen MR) is 110 cm³/mol. The minimum Gasteiger partial charge on any atom is -0.352 e. The number of nitrogens with one attached hydrogen (secondary N) is 2. The first-order valence-corrected chi connectivity index (χ1v) is 11.4. The number of sulfonamides is 1. The molecule has 2 N–H and O–H groups in total. The zero-order chi connectivity index (χ0) is 22.3. The van der Waals surface area contributed by atoms with E-state index in [9.17, 15) is 22.8 Å². The molecule has 10 nitrogen and oxygen atoms in total. The van der Waals surface area contributed by atoms with Crippen LogP contribution in [0.5, 0.6) is 0 Å². The molecule has 0 atom stereocenters. The van der Waals surface area contributed by atoms with Gasteiger partial charge in [-0.25, -0.2) is 8.42 Å². The van der Waals surface area contributed by atoms with E-state index in [1.165, 1.54) is 4.31 Å². The highest BCUT2D eigenvalue weighted by atomic mass is 32.2. The van der Waals surface area contributed by atoms with E-state index >= 15 is 0 Å². The molecule has 1 saturated heterocycles. The number of carbonyl (C=O) groups excluding carboxylic acids is 3. The minimum absolute atomic E-state index is 0.195. The standard InChI is InChI=1S/C20H23N5O5S/c1-12-18(13(2)23-22-12)31(29,30)24-9-7-14(8-10-24)21-17(26)11-25-19(27)15-5-3-4-6-16(15)20(25)28/h3-6,14H,7-11H2,1-2H3,(H,21,26)(H,22,23). The van der Waals surface area contributed by atoms with Crippen LogP contribution < -0.4 is 5.32 Å². The summed E-state index contributed by atoms with van der Waals surface area (Å²) in [6.45, 7) is 3.45. The van der Waals surface area contributed by atoms with Crippen molar-refractivity contribution in [2.24, 2.45) is 0 Å². The van der Waals surface area contributed by atoms with Crippen molar-refractivity contribution in [1.82, 2.24) is 24.7 Å². The molecule has 0 radical (unpaired) electrons. The molecule has 31 heavy (non-hydrogen) atoms. The molecule has 0 aliphatic carbocycles. The summed E-state index contributed by atoms with van der Waals surface area (Å²) in [5, 5.41) is 9.47. The maximum Gasteiger partial charge on any atom is 0.262 e. The summed E-state index contributed by atoms with van der Waals surface area (Å²) in [7, 11) is -3.67. The van der Waals surface area contributed by atoms with Crippen LogP contribution in [0.1, 0.15) is 44.9 Å². The molecule has 1 fully saturated rings. The van der Waals surface area contributed by atoms with Crippen molar-refractivity contribution in [2.45, 2.75) is 37.6 Å². The molecule has 2 aliphatic rings. The fourth-order valence-electron chi connectivity index (χ4n) is 4.09. The number of aryl methyl sites for hydroxylation is 2. The Kier molecular flexibility index (Phi) is 5.40. The van der Waals surface area contributed by atoms with Gasteiger partial charge in [0.1, 0.15) is 11.4 Å². The van der Waals surface area contributed by atoms with Crippen LogP contribution >= 0.6 is 0 Å². The topological polar surface area (TPSA) is 133 Å². The summed E-state index contributed by atoms with van der Waals surface area (Å²) < 4.78 is 27.2. The normalized spacial score (nSPS) is 17.8. The molecule has 0 unspecified atom stereocenters. The predicted octanol–water partition coefficient (Wildman–Crippen LogP) is 0.592. The van der Waals surface area contributed by atoms with E-state index in [1.807, 2.05) is 0 Å². The molecule has 3 heterocycles. The maximum absolute atomic E-state index is 12.9. The van der Waals surface area contributed by atoms with Crippen molar-refractivity contribution in [3.63, 3.8) is 0 Å². The highest BCUT2D eigenvalue weighted by Gasteiger charge is 2.37. The van der Waals surface area contributed by atoms with Gasteiger partial charge in [-0.2, -0.15) is 9.40 Å². The molecule has 1 aromatic heterocycles. The Morgan fingerprint density at radius 3 is 2.23 bits per heavy atom. The molecule has 2 aromatic rings. The number of aromatic amines is 1. The molecular weight excluding hydrogens is 422 g/mol. The molecule has 164 valence electrons. The molecule has 2 aliphatic heterocycles. The van der Waals surface area contributed by atoms with Crippen LogP contribution in [0.25, 0.3) is 0 Å². The number of nitrogens with zero attached hydrogens (tertiary/aromatic N) is 3. The number of rotatable bonds is 5. The zero-order valence-electron chi connectivity index (χ0n) is 17.2. The van der Waals surface area contributed by atoms with Crippen molar-refractivity contribution in [3.8, 4) is 0 Å². The Morgan fingerprint density at radius 2 is 1.71 bits per heavy atom. The van der Waals surface area contributed by atoms with Crippen molar-refractivity contribution in [1.29, 1.82) is 0 Å². The molecule has 3 amide bonds. The van der Waals surface area contributed by atoms with Crippen LogP contribution in [0.3, 0.4) is 0 Å². The third-order valence-corrected chi connectivity index (χ3v) is 7.82. The van der Waals surface area contributed by atoms with Crippen molar-refractivity contribution >= 4 is 27.7 Å². The maximum atomic E-state index is 12.9. The summed E-state index contributed by atoms with van der Waals surface area (Å²) in [5.74, 6) is -1.41. The van der Waals surface area contributed by atoms with Crippen LogP contribution in [0.15, 0.2) is 29.2 Å². The number of hydrogen-bond donors (Lipinski definition) is 2. The van der Waals surface area contributed by atoms with Gasteiger partial charge in [-0.15, -0.1) is 0 Å². The van der Waals surface area contributed by atoms with Gasteiger partial charge in [0.05, 0.1) is 22.5 Å². The van der Waals surface area contributed by atoms with E-state index in [1.54, 1.807) is 38.1 Å². The van der Waals surface area contributed by atoms with Gasteiger partial charge in [0.2, 0.25) is 15.9 Å². The first-order chi connectivity index (χ1) is 14.7. The van der Waals surface area contributed by atoms with Crippen molar-refractivity contribution in [3.05, 3.63) is 46.8 Å². The number of aromatic nitrogens is 2. The summed E-state index contributed by atoms with van der Waals surface area (Å²) in [5.41, 5.74) is 1.51. The number of imide groups is 1. The van der Waals surface area contributed by atoms with Gasteiger partial charge in [0, 0.05) is 19.1 Å². The Labute approximate surface area is 179 Å². The second-order valence-corrected chi connectivity index (χ2v) is 9.63. The first kappa shape index (κ1) is 21.2. The van der Waals surface area contributed by atoms with Gasteiger partial charge < -0.3 is 5.32 Å². The van der Waals surface area contributed by atoms with E-state index < -0.39 is 27.7 Å². The number of piperidine rings is 1. The smallest absolute Gasteiger partial charge is 0.262 e. The summed E-state index contributed by atoms with van der Waals surface area (Å²) in [4.78, 5) is 38.4. The molecule has 0 saturated carbocycles. The number of carbonyl (C=O) groups is 3. The van der Waals surface area contributed by atoms with Crippen LogP contribution in [-0.4, -0.2) is 71.2 Å². The number of fused-ring (bicyclic) bond motifs is 1. The third kappa shape index (κ3) is 3.74. The van der Waals surface area contributed by atoms with Crippen LogP contribution in [0, 0.1) is 13.8 Å². The van der Waals surface area contributed by atoms with Gasteiger partial charge in [-0.1, -0.05) is 12.1 Å². The van der Waals surface area contributed by atoms with E-state index in [0.29, 0.717) is 35.4 Å². The lowest BCUT2D eigenvalue weighted by atomic mass is 10.1. The molecule has 4 rings (SSSR count). The third-order valence-electron chi connectivity index (χ3n) is 5.66. The van der Waals surface area contributed by atoms with E-state index in [0.717, 1.165) is 4.90 Å². The number of H-pyrrole nitrogens is 1. The Bertz CT molecular complexity index is 1110. The summed E-state index contributed by atoms with van der Waals surface area (Å²) in [6, 6.07) is 6.23. The first-order valence-electron chi connectivity index (χ1n) is 9.96. The van der Waals surface area contributed by atoms with Gasteiger partial charge >= 0.3 is 0 Å². The van der Waals surface area contributed by atoms with E-state index in [-0.39, 0.29) is 30.6 Å². The Hall–Kier alpha value is -3.05. The van der Waals surface area contributed by atoms with E-state index in [2.05, 4.69) is 15.5 Å². The Morgan fingerprint density at radius 1 is 1.13 bits per heavy atom. The monoisotopic (exact) mass is 445 g/mol. The summed E-state index contributed by atoms with van der Waals surface area (Å²) >= 11 is 0. The lowest BCUT2D eigenvalue weighted by Crippen LogP contribution is -2.49. The van der Waals surface area contributed by atoms with Gasteiger partial charge in [-0.05, 0) is 38.8 Å². The van der Waals surface area contributed by atoms with Crippen molar-refractivity contribution < 1.29 is 22.8 Å². The quantitative estimate of drug-likeness (QED) is 0.648. The zero-order valence-corrected chi connectivity index (χ0v) is 18.0. The average molecular weight is 446 g/mol. The second-order valence-electron chi connectivity index (χ2n) is 7.75. The number of benzene rings is 1. The average Bonchev–Trinajstić information content (AvgIpc) is 3.20. The van der Waals surface area contributed by atoms with Crippen LogP contribution in [-0.2, 0) is 14.8 Å². The van der Waals surface area contributed by atoms with Crippen LogP contribution in [0.2, 0.25) is 0 Å². The largest absolute Gasteiger partial charge is 0.352 e. The van der Waals surface area contributed by atoms with E-state index in [4.69, 9.17) is 0 Å². The SMILES string of the molecule is Cc1n[nH]c(C)c1S(=O)(=O)N1CCC(NC(=O)CN2C(=O)c3ccccc3C2=O)CC1. The molecule has 1 aromatic carbocycles. The highest BCUT2D eigenvalue weighted by molar-refractivity contribution is 7.89. The fraction of sp³-hybridized carbons (Fsp3) is 0.400. The van der Waals surface area contributed by atoms with Gasteiger partial charge in [-0.3, -0.25) is 24.4 Å². The van der Waals surface area contributed by atoms with Gasteiger partial charge in [0.15, 0.2) is 0 Å².